The molecule has 0 radical (unpaired) electrons. The molecule has 1 aromatic rings. The molecule has 0 aromatic carbocycles. The molecule has 0 spiro atoms. The van der Waals surface area contributed by atoms with E-state index in [4.69, 9.17) is 9.47 Å². The molecule has 2 rings (SSSR count). The van der Waals surface area contributed by atoms with Crippen molar-refractivity contribution in [2.75, 3.05) is 13.2 Å². The van der Waals surface area contributed by atoms with E-state index in [0.717, 1.165) is 25.9 Å². The van der Waals surface area contributed by atoms with E-state index in [2.05, 4.69) is 14.7 Å². The number of H-pyrrole nitrogens is 1. The average molecular weight is 254 g/mol. The Hall–Kier alpha value is -1.40. The smallest absolute Gasteiger partial charge is 0.353 e. The first-order valence-corrected chi connectivity index (χ1v) is 6.27. The molecular weight excluding hydrogens is 236 g/mol. The third kappa shape index (κ3) is 4.46. The first-order valence-electron chi connectivity index (χ1n) is 6.27. The van der Waals surface area contributed by atoms with Gasteiger partial charge >= 0.3 is 5.76 Å². The van der Waals surface area contributed by atoms with Crippen molar-refractivity contribution < 1.29 is 14.0 Å². The van der Waals surface area contributed by atoms with E-state index in [-0.39, 0.29) is 6.29 Å². The Labute approximate surface area is 105 Å². The number of aromatic amines is 1. The molecular formula is C12H18N2O4. The van der Waals surface area contributed by atoms with Crippen LogP contribution in [0.15, 0.2) is 21.5 Å². The predicted octanol–water partition coefficient (Wildman–Crippen LogP) is 1.39. The normalized spacial score (nSPS) is 20.6. The van der Waals surface area contributed by atoms with Crippen LogP contribution in [0.25, 0.3) is 0 Å². The molecule has 0 aliphatic carbocycles. The van der Waals surface area contributed by atoms with Gasteiger partial charge in [-0.2, -0.15) is 0 Å². The second-order valence-corrected chi connectivity index (χ2v) is 4.17. The molecule has 1 unspecified atom stereocenters. The number of nitrogens with one attached hydrogen (secondary N) is 1. The van der Waals surface area contributed by atoms with Crippen LogP contribution in [0, 0.1) is 0 Å². The zero-order valence-electron chi connectivity index (χ0n) is 10.3. The van der Waals surface area contributed by atoms with Gasteiger partial charge in [-0.15, -0.1) is 0 Å². The minimum atomic E-state index is -0.517. The van der Waals surface area contributed by atoms with Gasteiger partial charge in [-0.1, -0.05) is 17.3 Å². The lowest BCUT2D eigenvalue weighted by atomic mass is 10.2. The molecule has 6 heteroatoms. The first-order chi connectivity index (χ1) is 8.84. The van der Waals surface area contributed by atoms with Crippen molar-refractivity contribution in [1.29, 1.82) is 0 Å². The van der Waals surface area contributed by atoms with Gasteiger partial charge in [-0.05, 0) is 25.7 Å². The van der Waals surface area contributed by atoms with E-state index in [1.54, 1.807) is 0 Å². The van der Waals surface area contributed by atoms with E-state index in [0.29, 0.717) is 18.9 Å². The molecule has 1 aromatic heterocycles. The Morgan fingerprint density at radius 1 is 1.44 bits per heavy atom. The summed E-state index contributed by atoms with van der Waals surface area (Å²) in [7, 11) is 0. The highest BCUT2D eigenvalue weighted by Gasteiger charge is 2.12. The van der Waals surface area contributed by atoms with E-state index in [1.807, 2.05) is 12.2 Å². The average Bonchev–Trinajstić information content (AvgIpc) is 2.81. The second-order valence-electron chi connectivity index (χ2n) is 4.17. The summed E-state index contributed by atoms with van der Waals surface area (Å²) in [6.45, 7) is 1.45. The van der Waals surface area contributed by atoms with E-state index in [9.17, 15) is 4.79 Å². The maximum Gasteiger partial charge on any atom is 0.438 e. The zero-order chi connectivity index (χ0) is 12.6. The fraction of sp³-hybridized carbons (Fsp3) is 0.667. The summed E-state index contributed by atoms with van der Waals surface area (Å²) in [5.41, 5.74) is 0. The summed E-state index contributed by atoms with van der Waals surface area (Å²) in [6, 6.07) is 0. The molecule has 1 fully saturated rings. The minimum absolute atomic E-state index is 0.0287. The van der Waals surface area contributed by atoms with Gasteiger partial charge in [-0.3, -0.25) is 9.51 Å². The van der Waals surface area contributed by atoms with Crippen molar-refractivity contribution in [3.8, 4) is 0 Å². The molecule has 0 bridgehead atoms. The largest absolute Gasteiger partial charge is 0.438 e. The van der Waals surface area contributed by atoms with Crippen LogP contribution in [-0.2, 0) is 15.9 Å². The van der Waals surface area contributed by atoms with Gasteiger partial charge in [0.1, 0.15) is 0 Å². The molecule has 6 nitrogen and oxygen atoms in total. The Morgan fingerprint density at radius 2 is 2.39 bits per heavy atom. The highest BCUT2D eigenvalue weighted by atomic mass is 16.7. The van der Waals surface area contributed by atoms with Crippen LogP contribution in [0.5, 0.6) is 0 Å². The van der Waals surface area contributed by atoms with Crippen molar-refractivity contribution >= 4 is 0 Å². The number of ether oxygens (including phenoxy) is 2. The van der Waals surface area contributed by atoms with Gasteiger partial charge in [0.2, 0.25) is 0 Å². The molecule has 18 heavy (non-hydrogen) atoms. The second kappa shape index (κ2) is 7.13. The lowest BCUT2D eigenvalue weighted by Gasteiger charge is -2.22. The topological polar surface area (TPSA) is 77.4 Å². The Morgan fingerprint density at radius 3 is 3.11 bits per heavy atom. The van der Waals surface area contributed by atoms with Gasteiger partial charge in [0.15, 0.2) is 12.1 Å². The highest BCUT2D eigenvalue weighted by Crippen LogP contribution is 2.13. The van der Waals surface area contributed by atoms with Gasteiger partial charge in [-0.25, -0.2) is 4.79 Å². The molecule has 100 valence electrons. The summed E-state index contributed by atoms with van der Waals surface area (Å²) >= 11 is 0. The predicted molar refractivity (Wildman–Crippen MR) is 64.1 cm³/mol. The lowest BCUT2D eigenvalue weighted by molar-refractivity contribution is -0.161. The Balaban J connectivity index is 1.56. The third-order valence-corrected chi connectivity index (χ3v) is 2.69. The van der Waals surface area contributed by atoms with E-state index in [1.165, 1.54) is 6.42 Å². The Bertz CT molecular complexity index is 418. The quantitative estimate of drug-likeness (QED) is 0.613. The molecule has 0 saturated carbocycles. The standard InChI is InChI=1S/C12H18N2O4/c15-12-13-10(14-18-12)6-2-1-4-8-16-11-7-3-5-9-17-11/h1-2,11H,3-9H2,(H,13,14,15). The number of rotatable bonds is 6. The molecule has 1 saturated heterocycles. The zero-order valence-corrected chi connectivity index (χ0v) is 10.3. The van der Waals surface area contributed by atoms with Crippen LogP contribution in [0.1, 0.15) is 31.5 Å². The monoisotopic (exact) mass is 254 g/mol. The SMILES string of the molecule is O=c1[nH]c(CC=CCCOC2CCCCO2)no1. The van der Waals surface area contributed by atoms with Crippen molar-refractivity contribution in [3.05, 3.63) is 28.5 Å². The molecule has 1 aliphatic rings. The molecule has 1 atom stereocenters. The van der Waals surface area contributed by atoms with Gasteiger partial charge in [0, 0.05) is 13.0 Å². The van der Waals surface area contributed by atoms with Gasteiger partial charge in [0.25, 0.3) is 0 Å². The number of allylic oxidation sites excluding steroid dienone is 1. The fourth-order valence-corrected chi connectivity index (χ4v) is 1.77. The summed E-state index contributed by atoms with van der Waals surface area (Å²) in [5, 5.41) is 3.56. The van der Waals surface area contributed by atoms with Crippen LogP contribution in [0.4, 0.5) is 0 Å². The summed E-state index contributed by atoms with van der Waals surface area (Å²) in [5.74, 6) is 0.0176. The summed E-state index contributed by atoms with van der Waals surface area (Å²) < 4.78 is 15.4. The minimum Gasteiger partial charge on any atom is -0.353 e. The van der Waals surface area contributed by atoms with E-state index >= 15 is 0 Å². The van der Waals surface area contributed by atoms with Gasteiger partial charge in [0.05, 0.1) is 6.61 Å². The molecule has 1 aliphatic heterocycles. The maximum atomic E-state index is 10.7. The van der Waals surface area contributed by atoms with Crippen molar-refractivity contribution in [3.63, 3.8) is 0 Å². The number of hydrogen-bond donors (Lipinski definition) is 1. The summed E-state index contributed by atoms with van der Waals surface area (Å²) in [6.07, 6.45) is 8.58. The molecule has 1 N–H and O–H groups in total. The number of nitrogens with zero attached hydrogens (tertiary/aromatic N) is 1. The van der Waals surface area contributed by atoms with Crippen molar-refractivity contribution in [2.24, 2.45) is 0 Å². The van der Waals surface area contributed by atoms with Crippen LogP contribution < -0.4 is 5.76 Å². The van der Waals surface area contributed by atoms with Crippen LogP contribution >= 0.6 is 0 Å². The first kappa shape index (κ1) is 13.0. The summed E-state index contributed by atoms with van der Waals surface area (Å²) in [4.78, 5) is 13.1. The fourth-order valence-electron chi connectivity index (χ4n) is 1.77. The number of aromatic nitrogens is 2. The van der Waals surface area contributed by atoms with Crippen LogP contribution in [-0.4, -0.2) is 29.6 Å². The third-order valence-electron chi connectivity index (χ3n) is 2.69. The maximum absolute atomic E-state index is 10.7. The number of hydrogen-bond acceptors (Lipinski definition) is 5. The molecule has 0 amide bonds. The Kier molecular flexibility index (Phi) is 5.16. The van der Waals surface area contributed by atoms with Crippen LogP contribution in [0.3, 0.4) is 0 Å². The van der Waals surface area contributed by atoms with Crippen LogP contribution in [0.2, 0.25) is 0 Å². The lowest BCUT2D eigenvalue weighted by Crippen LogP contribution is -2.22. The van der Waals surface area contributed by atoms with E-state index < -0.39 is 5.76 Å². The molecule has 2 heterocycles. The van der Waals surface area contributed by atoms with Crippen molar-refractivity contribution in [1.82, 2.24) is 10.1 Å². The highest BCUT2D eigenvalue weighted by molar-refractivity contribution is 4.92. The van der Waals surface area contributed by atoms with Crippen molar-refractivity contribution in [2.45, 2.75) is 38.4 Å². The van der Waals surface area contributed by atoms with Gasteiger partial charge < -0.3 is 9.47 Å².